The molecule has 1 unspecified atom stereocenters. The molecule has 1 N–H and O–H groups in total. The highest BCUT2D eigenvalue weighted by Crippen LogP contribution is 2.28. The third kappa shape index (κ3) is 3.04. The molecule has 0 heterocycles. The molecule has 0 amide bonds. The Morgan fingerprint density at radius 2 is 1.84 bits per heavy atom. The summed E-state index contributed by atoms with van der Waals surface area (Å²) >= 11 is 3.19. The van der Waals surface area contributed by atoms with Crippen LogP contribution < -0.4 is 5.32 Å². The lowest BCUT2D eigenvalue weighted by Crippen LogP contribution is -2.19. The number of halogens is 2. The van der Waals surface area contributed by atoms with Gasteiger partial charge in [-0.25, -0.2) is 4.39 Å². The first-order valence-corrected chi connectivity index (χ1v) is 7.01. The van der Waals surface area contributed by atoms with Gasteiger partial charge in [0.25, 0.3) is 0 Å². The van der Waals surface area contributed by atoms with Crippen LogP contribution in [0.1, 0.15) is 28.3 Å². The summed E-state index contributed by atoms with van der Waals surface area (Å²) in [6, 6.07) is 11.6. The summed E-state index contributed by atoms with van der Waals surface area (Å²) in [5.41, 5.74) is 4.52. The second-order valence-electron chi connectivity index (χ2n) is 4.76. The molecule has 0 aliphatic rings. The average Bonchev–Trinajstić information content (AvgIpc) is 2.38. The van der Waals surface area contributed by atoms with Gasteiger partial charge in [-0.05, 0) is 65.6 Å². The molecule has 0 spiro atoms. The van der Waals surface area contributed by atoms with Crippen molar-refractivity contribution >= 4 is 15.9 Å². The Bertz CT molecular complexity index is 595. The lowest BCUT2D eigenvalue weighted by molar-refractivity contribution is 0.610. The van der Waals surface area contributed by atoms with Gasteiger partial charge in [-0.2, -0.15) is 0 Å². The fourth-order valence-electron chi connectivity index (χ4n) is 2.26. The molecule has 0 bridgehead atoms. The van der Waals surface area contributed by atoms with Crippen LogP contribution in [-0.2, 0) is 0 Å². The molecule has 19 heavy (non-hydrogen) atoms. The van der Waals surface area contributed by atoms with Crippen molar-refractivity contribution in [2.24, 2.45) is 0 Å². The first-order chi connectivity index (χ1) is 9.02. The molecule has 2 aromatic carbocycles. The smallest absolute Gasteiger partial charge is 0.137 e. The van der Waals surface area contributed by atoms with E-state index in [-0.39, 0.29) is 11.9 Å². The van der Waals surface area contributed by atoms with E-state index >= 15 is 0 Å². The maximum Gasteiger partial charge on any atom is 0.137 e. The highest BCUT2D eigenvalue weighted by atomic mass is 79.9. The highest BCUT2D eigenvalue weighted by molar-refractivity contribution is 9.10. The molecule has 0 fully saturated rings. The number of benzene rings is 2. The molecule has 1 nitrogen and oxygen atoms in total. The average molecular weight is 322 g/mol. The van der Waals surface area contributed by atoms with E-state index in [9.17, 15) is 4.39 Å². The van der Waals surface area contributed by atoms with Gasteiger partial charge in [-0.15, -0.1) is 0 Å². The SMILES string of the molecule is CNC(c1ccc(Br)c(F)c1)c1cc(C)ccc1C. The van der Waals surface area contributed by atoms with Crippen LogP contribution >= 0.6 is 15.9 Å². The van der Waals surface area contributed by atoms with Crippen molar-refractivity contribution in [3.63, 3.8) is 0 Å². The molecular formula is C16H17BrFN. The van der Waals surface area contributed by atoms with E-state index in [1.54, 1.807) is 12.1 Å². The first kappa shape index (κ1) is 14.2. The van der Waals surface area contributed by atoms with E-state index in [0.29, 0.717) is 4.47 Å². The molecule has 0 aromatic heterocycles. The van der Waals surface area contributed by atoms with E-state index in [1.807, 2.05) is 13.1 Å². The number of hydrogen-bond acceptors (Lipinski definition) is 1. The minimum absolute atomic E-state index is 0.00231. The minimum atomic E-state index is -0.233. The Morgan fingerprint density at radius 1 is 1.11 bits per heavy atom. The molecule has 2 rings (SSSR count). The quantitative estimate of drug-likeness (QED) is 0.876. The Balaban J connectivity index is 2.49. The first-order valence-electron chi connectivity index (χ1n) is 6.22. The third-order valence-corrected chi connectivity index (χ3v) is 3.95. The topological polar surface area (TPSA) is 12.0 Å². The second kappa shape index (κ2) is 5.85. The van der Waals surface area contributed by atoms with E-state index in [4.69, 9.17) is 0 Å². The summed E-state index contributed by atoms with van der Waals surface area (Å²) in [5.74, 6) is -0.233. The zero-order valence-corrected chi connectivity index (χ0v) is 12.9. The summed E-state index contributed by atoms with van der Waals surface area (Å²) in [6.45, 7) is 4.14. The van der Waals surface area contributed by atoms with Gasteiger partial charge in [0.15, 0.2) is 0 Å². The maximum absolute atomic E-state index is 13.7. The Kier molecular flexibility index (Phi) is 4.38. The van der Waals surface area contributed by atoms with Crippen LogP contribution in [0.5, 0.6) is 0 Å². The molecule has 0 radical (unpaired) electrons. The van der Waals surface area contributed by atoms with Gasteiger partial charge in [0.2, 0.25) is 0 Å². The van der Waals surface area contributed by atoms with Crippen molar-refractivity contribution in [1.29, 1.82) is 0 Å². The molecule has 100 valence electrons. The van der Waals surface area contributed by atoms with E-state index in [1.165, 1.54) is 16.7 Å². The Hall–Kier alpha value is -1.19. The van der Waals surface area contributed by atoms with Gasteiger partial charge < -0.3 is 5.32 Å². The van der Waals surface area contributed by atoms with Crippen LogP contribution in [0.25, 0.3) is 0 Å². The predicted octanol–water partition coefficient (Wildman–Crippen LogP) is 4.51. The van der Waals surface area contributed by atoms with Crippen LogP contribution in [0.3, 0.4) is 0 Å². The third-order valence-electron chi connectivity index (χ3n) is 3.31. The van der Waals surface area contributed by atoms with Crippen molar-refractivity contribution in [3.8, 4) is 0 Å². The molecule has 0 saturated carbocycles. The van der Waals surface area contributed by atoms with E-state index in [2.05, 4.69) is 53.3 Å². The summed E-state index contributed by atoms with van der Waals surface area (Å²) in [5, 5.41) is 3.27. The highest BCUT2D eigenvalue weighted by Gasteiger charge is 2.15. The van der Waals surface area contributed by atoms with Gasteiger partial charge in [-0.1, -0.05) is 29.8 Å². The standard InChI is InChI=1S/C16H17BrFN/c1-10-4-5-11(2)13(8-10)16(19-3)12-6-7-14(17)15(18)9-12/h4-9,16,19H,1-3H3. The number of rotatable bonds is 3. The van der Waals surface area contributed by atoms with E-state index in [0.717, 1.165) is 5.56 Å². The van der Waals surface area contributed by atoms with Crippen molar-refractivity contribution in [2.45, 2.75) is 19.9 Å². The van der Waals surface area contributed by atoms with E-state index < -0.39 is 0 Å². The largest absolute Gasteiger partial charge is 0.309 e. The number of aryl methyl sites for hydroxylation is 2. The van der Waals surface area contributed by atoms with Crippen molar-refractivity contribution in [2.75, 3.05) is 7.05 Å². The molecule has 1 atom stereocenters. The molecule has 0 aliphatic heterocycles. The molecule has 0 saturated heterocycles. The van der Waals surface area contributed by atoms with Gasteiger partial charge in [0, 0.05) is 0 Å². The molecule has 2 aromatic rings. The lowest BCUT2D eigenvalue weighted by atomic mass is 9.93. The summed E-state index contributed by atoms with van der Waals surface area (Å²) in [6.07, 6.45) is 0. The van der Waals surface area contributed by atoms with Crippen molar-refractivity contribution < 1.29 is 4.39 Å². The summed E-state index contributed by atoms with van der Waals surface area (Å²) in [4.78, 5) is 0. The van der Waals surface area contributed by atoms with Crippen molar-refractivity contribution in [3.05, 3.63) is 68.9 Å². The van der Waals surface area contributed by atoms with Crippen LogP contribution in [0.2, 0.25) is 0 Å². The lowest BCUT2D eigenvalue weighted by Gasteiger charge is -2.20. The van der Waals surface area contributed by atoms with Gasteiger partial charge in [-0.3, -0.25) is 0 Å². The Labute approximate surface area is 122 Å². The normalized spacial score (nSPS) is 12.5. The summed E-state index contributed by atoms with van der Waals surface area (Å²) < 4.78 is 14.2. The van der Waals surface area contributed by atoms with Crippen LogP contribution in [0.15, 0.2) is 40.9 Å². The van der Waals surface area contributed by atoms with Crippen LogP contribution in [0.4, 0.5) is 4.39 Å². The van der Waals surface area contributed by atoms with Crippen LogP contribution in [0, 0.1) is 19.7 Å². The predicted molar refractivity (Wildman–Crippen MR) is 80.9 cm³/mol. The zero-order valence-electron chi connectivity index (χ0n) is 11.3. The minimum Gasteiger partial charge on any atom is -0.309 e. The maximum atomic E-state index is 13.7. The summed E-state index contributed by atoms with van der Waals surface area (Å²) in [7, 11) is 1.90. The van der Waals surface area contributed by atoms with Gasteiger partial charge >= 0.3 is 0 Å². The number of nitrogens with one attached hydrogen (secondary N) is 1. The van der Waals surface area contributed by atoms with Gasteiger partial charge in [0.1, 0.15) is 5.82 Å². The van der Waals surface area contributed by atoms with Crippen LogP contribution in [-0.4, -0.2) is 7.05 Å². The molecule has 0 aliphatic carbocycles. The van der Waals surface area contributed by atoms with Crippen molar-refractivity contribution in [1.82, 2.24) is 5.32 Å². The second-order valence-corrected chi connectivity index (χ2v) is 5.61. The molecular weight excluding hydrogens is 305 g/mol. The fourth-order valence-corrected chi connectivity index (χ4v) is 2.51. The molecule has 3 heteroatoms. The monoisotopic (exact) mass is 321 g/mol. The Morgan fingerprint density at radius 3 is 2.47 bits per heavy atom. The fraction of sp³-hybridized carbons (Fsp3) is 0.250. The zero-order chi connectivity index (χ0) is 14.0. The van der Waals surface area contributed by atoms with Gasteiger partial charge in [0.05, 0.1) is 10.5 Å². The number of hydrogen-bond donors (Lipinski definition) is 1.